The van der Waals surface area contributed by atoms with E-state index in [0.717, 1.165) is 19.2 Å². The van der Waals surface area contributed by atoms with Crippen LogP contribution in [0.15, 0.2) is 23.0 Å². The van der Waals surface area contributed by atoms with Crippen LogP contribution in [0.25, 0.3) is 11.1 Å². The number of nitriles is 1. The van der Waals surface area contributed by atoms with Gasteiger partial charge in [-0.1, -0.05) is 17.5 Å². The number of rotatable bonds is 3. The van der Waals surface area contributed by atoms with Crippen molar-refractivity contribution in [3.05, 3.63) is 50.7 Å². The second-order valence-electron chi connectivity index (χ2n) is 5.05. The average Bonchev–Trinajstić information content (AvgIpc) is 2.56. The highest BCUT2D eigenvalue weighted by atomic mass is 35.5. The van der Waals surface area contributed by atoms with Crippen molar-refractivity contribution in [2.24, 2.45) is 7.05 Å². The minimum Gasteiger partial charge on any atom is -0.479 e. The lowest BCUT2D eigenvalue weighted by Gasteiger charge is -2.16. The third-order valence-corrected chi connectivity index (χ3v) is 3.74. The normalized spacial score (nSPS) is 10.9. The molecule has 0 aliphatic carbocycles. The number of terminal acetylenes is 1. The van der Waals surface area contributed by atoms with Crippen molar-refractivity contribution < 1.29 is 22.3 Å². The van der Waals surface area contributed by atoms with Gasteiger partial charge in [-0.2, -0.15) is 18.4 Å². The van der Waals surface area contributed by atoms with Gasteiger partial charge in [-0.25, -0.2) is 4.39 Å². The van der Waals surface area contributed by atoms with E-state index in [-0.39, 0.29) is 17.4 Å². The lowest BCUT2D eigenvalue weighted by Crippen LogP contribution is -2.28. The van der Waals surface area contributed by atoms with Crippen molar-refractivity contribution in [3.63, 3.8) is 0 Å². The van der Waals surface area contributed by atoms with Crippen molar-refractivity contribution in [1.82, 2.24) is 4.57 Å². The highest BCUT2D eigenvalue weighted by Gasteiger charge is 2.35. The van der Waals surface area contributed by atoms with Crippen molar-refractivity contribution in [2.45, 2.75) is 6.18 Å². The van der Waals surface area contributed by atoms with E-state index in [0.29, 0.717) is 10.6 Å². The first-order chi connectivity index (χ1) is 12.1. The molecule has 0 fully saturated rings. The van der Waals surface area contributed by atoms with Gasteiger partial charge in [0.15, 0.2) is 0 Å². The summed E-state index contributed by atoms with van der Waals surface area (Å²) in [7, 11) is 0.874. The predicted molar refractivity (Wildman–Crippen MR) is 86.1 cm³/mol. The van der Waals surface area contributed by atoms with E-state index < -0.39 is 39.9 Å². The smallest absolute Gasteiger partial charge is 0.431 e. The van der Waals surface area contributed by atoms with Gasteiger partial charge in [-0.05, 0) is 18.2 Å². The molecule has 0 bridgehead atoms. The molecule has 0 aliphatic rings. The van der Waals surface area contributed by atoms with Crippen LogP contribution in [0.1, 0.15) is 11.3 Å². The van der Waals surface area contributed by atoms with Crippen molar-refractivity contribution in [1.29, 1.82) is 5.26 Å². The molecule has 2 rings (SSSR count). The first-order valence-electron chi connectivity index (χ1n) is 6.88. The molecule has 0 amide bonds. The topological polar surface area (TPSA) is 55.0 Å². The molecule has 4 nitrogen and oxygen atoms in total. The summed E-state index contributed by atoms with van der Waals surface area (Å²) in [4.78, 5) is 12.4. The molecule has 0 atom stereocenters. The molecular formula is C17H9ClF4N2O2. The number of nitrogens with zero attached hydrogens (tertiary/aromatic N) is 2. The Morgan fingerprint density at radius 2 is 2.00 bits per heavy atom. The summed E-state index contributed by atoms with van der Waals surface area (Å²) in [6.45, 7) is -0.207. The van der Waals surface area contributed by atoms with E-state index in [1.807, 2.05) is 0 Å². The zero-order valence-electron chi connectivity index (χ0n) is 13.1. The molecule has 2 aromatic rings. The van der Waals surface area contributed by atoms with Crippen LogP contribution >= 0.6 is 11.6 Å². The van der Waals surface area contributed by atoms with Gasteiger partial charge in [-0.3, -0.25) is 4.79 Å². The van der Waals surface area contributed by atoms with E-state index in [2.05, 4.69) is 5.92 Å². The summed E-state index contributed by atoms with van der Waals surface area (Å²) < 4.78 is 58.8. The highest BCUT2D eigenvalue weighted by molar-refractivity contribution is 6.32. The molecule has 0 saturated heterocycles. The minimum absolute atomic E-state index is 0.0770. The highest BCUT2D eigenvalue weighted by Crippen LogP contribution is 2.35. The number of halogens is 5. The van der Waals surface area contributed by atoms with Crippen LogP contribution in [-0.2, 0) is 13.2 Å². The van der Waals surface area contributed by atoms with Crippen LogP contribution in [-0.4, -0.2) is 11.2 Å². The fourth-order valence-corrected chi connectivity index (χ4v) is 2.47. The first kappa shape index (κ1) is 19.4. The quantitative estimate of drug-likeness (QED) is 0.598. The van der Waals surface area contributed by atoms with Crippen molar-refractivity contribution >= 4 is 11.6 Å². The number of aromatic nitrogens is 1. The van der Waals surface area contributed by atoms with Gasteiger partial charge in [0.2, 0.25) is 0 Å². The zero-order chi connectivity index (χ0) is 19.6. The molecular weight excluding hydrogens is 376 g/mol. The molecule has 0 aliphatic heterocycles. The number of hydrogen-bond donors (Lipinski definition) is 0. The van der Waals surface area contributed by atoms with Gasteiger partial charge in [-0.15, -0.1) is 6.42 Å². The summed E-state index contributed by atoms with van der Waals surface area (Å²) in [5.41, 5.74) is -4.12. The molecule has 0 unspecified atom stereocenters. The van der Waals surface area contributed by atoms with E-state index >= 15 is 0 Å². The van der Waals surface area contributed by atoms with Gasteiger partial charge in [0, 0.05) is 12.6 Å². The van der Waals surface area contributed by atoms with Crippen LogP contribution in [0, 0.1) is 29.5 Å². The molecule has 9 heteroatoms. The summed E-state index contributed by atoms with van der Waals surface area (Å²) in [6.07, 6.45) is 0.194. The standard InChI is InChI=1S/C17H9ClF4N2O2/c1-3-4-26-13-6-10(12(19)7-11(13)18)15-9(8-23)5-14(17(20,21)22)24(2)16(15)25/h1,5-7H,4H2,2H3. The van der Waals surface area contributed by atoms with Crippen LogP contribution in [0.3, 0.4) is 0 Å². The average molecular weight is 385 g/mol. The molecule has 1 aromatic carbocycles. The van der Waals surface area contributed by atoms with E-state index in [9.17, 15) is 22.4 Å². The van der Waals surface area contributed by atoms with E-state index in [1.54, 1.807) is 0 Å². The summed E-state index contributed by atoms with van der Waals surface area (Å²) in [5.74, 6) is 1.09. The number of benzene rings is 1. The Morgan fingerprint density at radius 3 is 2.54 bits per heavy atom. The molecule has 1 heterocycles. The molecule has 1 aromatic heterocycles. The van der Waals surface area contributed by atoms with Gasteiger partial charge >= 0.3 is 6.18 Å². The monoisotopic (exact) mass is 384 g/mol. The summed E-state index contributed by atoms with van der Waals surface area (Å²) in [5, 5.41) is 9.02. The minimum atomic E-state index is -4.86. The number of alkyl halides is 3. The van der Waals surface area contributed by atoms with Crippen LogP contribution in [0.4, 0.5) is 17.6 Å². The second kappa shape index (κ2) is 7.11. The first-order valence-corrected chi connectivity index (χ1v) is 7.26. The maximum atomic E-state index is 14.3. The van der Waals surface area contributed by atoms with Crippen LogP contribution < -0.4 is 10.3 Å². The van der Waals surface area contributed by atoms with Crippen LogP contribution in [0.5, 0.6) is 5.75 Å². The fraction of sp³-hybridized carbons (Fsp3) is 0.176. The molecule has 26 heavy (non-hydrogen) atoms. The predicted octanol–water partition coefficient (Wildman–Crippen LogP) is 3.75. The number of hydrogen-bond acceptors (Lipinski definition) is 3. The van der Waals surface area contributed by atoms with Gasteiger partial charge in [0.05, 0.1) is 16.1 Å². The van der Waals surface area contributed by atoms with Crippen molar-refractivity contribution in [2.75, 3.05) is 6.61 Å². The van der Waals surface area contributed by atoms with E-state index in [4.69, 9.17) is 28.0 Å². The third kappa shape index (κ3) is 3.51. The summed E-state index contributed by atoms with van der Waals surface area (Å²) in [6, 6.07) is 3.81. The molecule has 0 N–H and O–H groups in total. The Hall–Kier alpha value is -2.97. The zero-order valence-corrected chi connectivity index (χ0v) is 13.9. The molecule has 0 radical (unpaired) electrons. The number of ether oxygens (including phenoxy) is 1. The lowest BCUT2D eigenvalue weighted by molar-refractivity contribution is -0.143. The largest absolute Gasteiger partial charge is 0.479 e. The van der Waals surface area contributed by atoms with Crippen LogP contribution in [0.2, 0.25) is 5.02 Å². The SMILES string of the molecule is C#CCOc1cc(-c2c(C#N)cc(C(F)(F)F)n(C)c2=O)c(F)cc1Cl. The maximum absolute atomic E-state index is 14.3. The Morgan fingerprint density at radius 1 is 1.35 bits per heavy atom. The van der Waals surface area contributed by atoms with Gasteiger partial charge in [0.25, 0.3) is 5.56 Å². The lowest BCUT2D eigenvalue weighted by atomic mass is 10.00. The molecule has 134 valence electrons. The summed E-state index contributed by atoms with van der Waals surface area (Å²) >= 11 is 5.82. The maximum Gasteiger partial charge on any atom is 0.431 e. The Labute approximate surface area is 150 Å². The fourth-order valence-electron chi connectivity index (χ4n) is 2.27. The van der Waals surface area contributed by atoms with Crippen molar-refractivity contribution in [3.8, 4) is 35.3 Å². The van der Waals surface area contributed by atoms with Gasteiger partial charge in [0.1, 0.15) is 29.9 Å². The Kier molecular flexibility index (Phi) is 5.29. The second-order valence-corrected chi connectivity index (χ2v) is 5.45. The van der Waals surface area contributed by atoms with Gasteiger partial charge < -0.3 is 9.30 Å². The third-order valence-electron chi connectivity index (χ3n) is 3.44. The Bertz CT molecular complexity index is 1010. The molecule has 0 saturated carbocycles. The van der Waals surface area contributed by atoms with E-state index in [1.165, 1.54) is 6.07 Å². The number of pyridine rings is 1. The molecule has 0 spiro atoms. The Balaban J connectivity index is 2.82.